The lowest BCUT2D eigenvalue weighted by molar-refractivity contribution is 0.505. The van der Waals surface area contributed by atoms with Gasteiger partial charge in [-0.3, -0.25) is 11.3 Å². The van der Waals surface area contributed by atoms with E-state index in [9.17, 15) is 0 Å². The monoisotopic (exact) mass is 308 g/mol. The highest BCUT2D eigenvalue weighted by Gasteiger charge is 2.13. The minimum absolute atomic E-state index is 0.122. The Morgan fingerprint density at radius 2 is 2.22 bits per heavy atom. The zero-order valence-electron chi connectivity index (χ0n) is 10.3. The van der Waals surface area contributed by atoms with E-state index in [0.717, 1.165) is 23.1 Å². The van der Waals surface area contributed by atoms with Gasteiger partial charge in [0.1, 0.15) is 5.82 Å². The van der Waals surface area contributed by atoms with Crippen LogP contribution >= 0.6 is 15.9 Å². The number of aryl methyl sites for hydroxylation is 2. The van der Waals surface area contributed by atoms with Gasteiger partial charge in [-0.1, -0.05) is 34.1 Å². The zero-order chi connectivity index (χ0) is 13.0. The van der Waals surface area contributed by atoms with Crippen molar-refractivity contribution in [1.29, 1.82) is 0 Å². The summed E-state index contributed by atoms with van der Waals surface area (Å²) in [6.45, 7) is 0. The van der Waals surface area contributed by atoms with Crippen LogP contribution in [0.1, 0.15) is 23.9 Å². The zero-order valence-corrected chi connectivity index (χ0v) is 11.9. The average Bonchev–Trinajstić information content (AvgIpc) is 2.78. The first-order chi connectivity index (χ1) is 8.72. The maximum Gasteiger partial charge on any atom is 0.108 e. The van der Waals surface area contributed by atoms with Crippen LogP contribution in [0.15, 0.2) is 41.1 Å². The molecule has 0 radical (unpaired) electrons. The first-order valence-corrected chi connectivity index (χ1v) is 6.68. The van der Waals surface area contributed by atoms with Gasteiger partial charge in [0.2, 0.25) is 0 Å². The van der Waals surface area contributed by atoms with E-state index in [1.165, 1.54) is 5.56 Å². The molecule has 2 aromatic rings. The molecular formula is C13H17BrN4. The smallest absolute Gasteiger partial charge is 0.108 e. The van der Waals surface area contributed by atoms with Crippen molar-refractivity contribution in [1.82, 2.24) is 15.0 Å². The molecule has 18 heavy (non-hydrogen) atoms. The van der Waals surface area contributed by atoms with Crippen molar-refractivity contribution in [2.45, 2.75) is 18.9 Å². The molecule has 96 valence electrons. The fourth-order valence-corrected chi connectivity index (χ4v) is 2.56. The standard InChI is InChI=1S/C13H17BrN4/c1-18-9-8-16-13(18)7-6-12(17-15)10-4-2-3-5-11(10)14/h2-5,8-9,12,17H,6-7,15H2,1H3. The topological polar surface area (TPSA) is 55.9 Å². The van der Waals surface area contributed by atoms with Crippen LogP contribution in [0.4, 0.5) is 0 Å². The van der Waals surface area contributed by atoms with E-state index < -0.39 is 0 Å². The first kappa shape index (κ1) is 13.3. The van der Waals surface area contributed by atoms with Crippen molar-refractivity contribution in [3.8, 4) is 0 Å². The molecule has 1 unspecified atom stereocenters. The number of hydrazine groups is 1. The summed E-state index contributed by atoms with van der Waals surface area (Å²) >= 11 is 3.55. The molecule has 0 saturated carbocycles. The van der Waals surface area contributed by atoms with Crippen molar-refractivity contribution in [2.24, 2.45) is 12.9 Å². The first-order valence-electron chi connectivity index (χ1n) is 5.89. The highest BCUT2D eigenvalue weighted by molar-refractivity contribution is 9.10. The summed E-state index contributed by atoms with van der Waals surface area (Å²) < 4.78 is 3.11. The maximum absolute atomic E-state index is 5.65. The summed E-state index contributed by atoms with van der Waals surface area (Å²) in [6.07, 6.45) is 5.57. The third-order valence-electron chi connectivity index (χ3n) is 3.06. The normalized spacial score (nSPS) is 12.6. The number of imidazole rings is 1. The van der Waals surface area contributed by atoms with Crippen molar-refractivity contribution in [2.75, 3.05) is 0 Å². The van der Waals surface area contributed by atoms with E-state index >= 15 is 0 Å². The summed E-state index contributed by atoms with van der Waals surface area (Å²) in [4.78, 5) is 4.32. The third kappa shape index (κ3) is 2.98. The second-order valence-electron chi connectivity index (χ2n) is 4.23. The molecule has 0 aliphatic rings. The van der Waals surface area contributed by atoms with Gasteiger partial charge in [-0.05, 0) is 18.1 Å². The summed E-state index contributed by atoms with van der Waals surface area (Å²) in [5.74, 6) is 6.72. The lowest BCUT2D eigenvalue weighted by Crippen LogP contribution is -2.28. The van der Waals surface area contributed by atoms with Crippen LogP contribution in [0.3, 0.4) is 0 Å². The van der Waals surface area contributed by atoms with Gasteiger partial charge in [-0.15, -0.1) is 0 Å². The number of hydrogen-bond donors (Lipinski definition) is 2. The Kier molecular flexibility index (Phi) is 4.52. The van der Waals surface area contributed by atoms with Crippen LogP contribution in [-0.2, 0) is 13.5 Å². The molecule has 0 aliphatic heterocycles. The van der Waals surface area contributed by atoms with Crippen LogP contribution in [-0.4, -0.2) is 9.55 Å². The minimum Gasteiger partial charge on any atom is -0.338 e. The second kappa shape index (κ2) is 6.13. The van der Waals surface area contributed by atoms with E-state index in [1.807, 2.05) is 42.2 Å². The van der Waals surface area contributed by atoms with Gasteiger partial charge < -0.3 is 4.57 Å². The third-order valence-corrected chi connectivity index (χ3v) is 3.78. The quantitative estimate of drug-likeness (QED) is 0.658. The van der Waals surface area contributed by atoms with Crippen molar-refractivity contribution < 1.29 is 0 Å². The second-order valence-corrected chi connectivity index (χ2v) is 5.09. The number of rotatable bonds is 5. The highest BCUT2D eigenvalue weighted by Crippen LogP contribution is 2.25. The van der Waals surface area contributed by atoms with Gasteiger partial charge >= 0.3 is 0 Å². The molecule has 3 N–H and O–H groups in total. The summed E-state index contributed by atoms with van der Waals surface area (Å²) in [5, 5.41) is 0. The van der Waals surface area contributed by atoms with Gasteiger partial charge in [-0.2, -0.15) is 0 Å². The lowest BCUT2D eigenvalue weighted by Gasteiger charge is -2.17. The molecule has 1 heterocycles. The van der Waals surface area contributed by atoms with Crippen LogP contribution in [0.5, 0.6) is 0 Å². The molecule has 1 aromatic carbocycles. The molecule has 0 saturated heterocycles. The van der Waals surface area contributed by atoms with Gasteiger partial charge in [-0.25, -0.2) is 4.98 Å². The summed E-state index contributed by atoms with van der Waals surface area (Å²) in [5.41, 5.74) is 4.05. The molecule has 0 spiro atoms. The van der Waals surface area contributed by atoms with Crippen molar-refractivity contribution in [3.63, 3.8) is 0 Å². The maximum atomic E-state index is 5.65. The molecule has 1 atom stereocenters. The highest BCUT2D eigenvalue weighted by atomic mass is 79.9. The molecule has 0 amide bonds. The summed E-state index contributed by atoms with van der Waals surface area (Å²) in [7, 11) is 2.01. The Hall–Kier alpha value is -1.17. The van der Waals surface area contributed by atoms with Gasteiger partial charge in [0.15, 0.2) is 0 Å². The molecular weight excluding hydrogens is 292 g/mol. The number of nitrogens with zero attached hydrogens (tertiary/aromatic N) is 2. The molecule has 0 fully saturated rings. The van der Waals surface area contributed by atoms with E-state index in [1.54, 1.807) is 0 Å². The van der Waals surface area contributed by atoms with E-state index in [-0.39, 0.29) is 6.04 Å². The predicted octanol–water partition coefficient (Wildman–Crippen LogP) is 2.32. The van der Waals surface area contributed by atoms with Gasteiger partial charge in [0.25, 0.3) is 0 Å². The number of nitrogens with two attached hydrogens (primary N) is 1. The fourth-order valence-electron chi connectivity index (χ4n) is 2.00. The lowest BCUT2D eigenvalue weighted by atomic mass is 10.0. The number of halogens is 1. The fraction of sp³-hybridized carbons (Fsp3) is 0.308. The predicted molar refractivity (Wildman–Crippen MR) is 75.7 cm³/mol. The Labute approximate surface area is 115 Å². The molecule has 0 bridgehead atoms. The van der Waals surface area contributed by atoms with E-state index in [4.69, 9.17) is 5.84 Å². The number of aromatic nitrogens is 2. The molecule has 4 nitrogen and oxygen atoms in total. The Bertz CT molecular complexity index is 509. The number of benzene rings is 1. The average molecular weight is 309 g/mol. The van der Waals surface area contributed by atoms with Crippen LogP contribution in [0.2, 0.25) is 0 Å². The summed E-state index contributed by atoms with van der Waals surface area (Å²) in [6, 6.07) is 8.25. The van der Waals surface area contributed by atoms with E-state index in [2.05, 4.69) is 32.4 Å². The van der Waals surface area contributed by atoms with Crippen LogP contribution in [0, 0.1) is 0 Å². The number of nitrogens with one attached hydrogen (secondary N) is 1. The molecule has 1 aromatic heterocycles. The minimum atomic E-state index is 0.122. The van der Waals surface area contributed by atoms with Crippen LogP contribution < -0.4 is 11.3 Å². The van der Waals surface area contributed by atoms with Crippen LogP contribution in [0.25, 0.3) is 0 Å². The Morgan fingerprint density at radius 3 is 2.83 bits per heavy atom. The van der Waals surface area contributed by atoms with Gasteiger partial charge in [0.05, 0.1) is 0 Å². The van der Waals surface area contributed by atoms with E-state index in [0.29, 0.717) is 0 Å². The SMILES string of the molecule is Cn1ccnc1CCC(NN)c1ccccc1Br. The molecule has 0 aliphatic carbocycles. The van der Waals surface area contributed by atoms with Gasteiger partial charge in [0, 0.05) is 36.4 Å². The largest absolute Gasteiger partial charge is 0.338 e. The van der Waals surface area contributed by atoms with Crippen molar-refractivity contribution in [3.05, 3.63) is 52.5 Å². The molecule has 5 heteroatoms. The molecule has 2 rings (SSSR count). The Balaban J connectivity index is 2.07. The van der Waals surface area contributed by atoms with Crippen molar-refractivity contribution >= 4 is 15.9 Å². The number of hydrogen-bond acceptors (Lipinski definition) is 3. The Morgan fingerprint density at radius 1 is 1.44 bits per heavy atom.